The third-order valence-electron chi connectivity index (χ3n) is 4.50. The molecule has 3 rings (SSSR count). The third kappa shape index (κ3) is 4.36. The summed E-state index contributed by atoms with van der Waals surface area (Å²) in [6.07, 6.45) is 1.33. The van der Waals surface area contributed by atoms with Crippen molar-refractivity contribution in [3.63, 3.8) is 0 Å². The van der Waals surface area contributed by atoms with Crippen molar-refractivity contribution in [2.24, 2.45) is 16.0 Å². The first-order valence-electron chi connectivity index (χ1n) is 8.43. The van der Waals surface area contributed by atoms with Gasteiger partial charge in [0.15, 0.2) is 5.84 Å². The summed E-state index contributed by atoms with van der Waals surface area (Å²) >= 11 is 0. The number of nitrogens with two attached hydrogens (primary N) is 1. The fraction of sp³-hybridized carbons (Fsp3) is 0.529. The van der Waals surface area contributed by atoms with E-state index >= 15 is 0 Å². The Morgan fingerprint density at radius 1 is 1.31 bits per heavy atom. The fourth-order valence-electron chi connectivity index (χ4n) is 3.13. The average molecular weight is 401 g/mol. The van der Waals surface area contributed by atoms with Gasteiger partial charge in [0.25, 0.3) is 10.0 Å². The highest BCUT2D eigenvalue weighted by Gasteiger charge is 2.34. The molecule has 0 spiro atoms. The Morgan fingerprint density at radius 3 is 2.54 bits per heavy atom. The molecule has 0 unspecified atom stereocenters. The normalized spacial score (nSPS) is 19.3. The van der Waals surface area contributed by atoms with Crippen LogP contribution in [0.15, 0.2) is 33.6 Å². The number of hydrogen-bond donors (Lipinski definition) is 2. The topological polar surface area (TPSA) is 105 Å². The summed E-state index contributed by atoms with van der Waals surface area (Å²) in [5, 5.41) is 2.90. The minimum absolute atomic E-state index is 0. The van der Waals surface area contributed by atoms with Crippen LogP contribution in [0, 0.1) is 5.92 Å². The summed E-state index contributed by atoms with van der Waals surface area (Å²) in [4.78, 5) is 14.5. The van der Waals surface area contributed by atoms with E-state index in [1.54, 1.807) is 18.2 Å². The zero-order valence-corrected chi connectivity index (χ0v) is 16.6. The van der Waals surface area contributed by atoms with Gasteiger partial charge in [0.1, 0.15) is 4.90 Å². The summed E-state index contributed by atoms with van der Waals surface area (Å²) in [7, 11) is -3.61. The lowest BCUT2D eigenvalue weighted by molar-refractivity contribution is -0.126. The van der Waals surface area contributed by atoms with Gasteiger partial charge in [0, 0.05) is 36.7 Å². The third-order valence-corrected chi connectivity index (χ3v) is 5.82. The molecule has 26 heavy (non-hydrogen) atoms. The zero-order valence-electron chi connectivity index (χ0n) is 14.9. The van der Waals surface area contributed by atoms with Crippen LogP contribution in [-0.4, -0.2) is 50.2 Å². The van der Waals surface area contributed by atoms with E-state index in [0.717, 1.165) is 0 Å². The van der Waals surface area contributed by atoms with Crippen molar-refractivity contribution in [3.8, 4) is 0 Å². The lowest BCUT2D eigenvalue weighted by atomic mass is 9.95. The number of likely N-dealkylation sites (tertiary alicyclic amines) is 1. The van der Waals surface area contributed by atoms with E-state index in [-0.39, 0.29) is 29.1 Å². The molecule has 2 heterocycles. The number of rotatable bonds is 3. The SMILES string of the molecule is CC(C)(N)CNC(=O)C1CCN(C2=NS(=O)(=O)c3ccccc32)CC1.Cl. The van der Waals surface area contributed by atoms with Crippen molar-refractivity contribution in [3.05, 3.63) is 29.8 Å². The summed E-state index contributed by atoms with van der Waals surface area (Å²) in [5.74, 6) is 0.435. The van der Waals surface area contributed by atoms with E-state index < -0.39 is 15.6 Å². The maximum atomic E-state index is 12.3. The monoisotopic (exact) mass is 400 g/mol. The average Bonchev–Trinajstić information content (AvgIpc) is 2.84. The van der Waals surface area contributed by atoms with Crippen LogP contribution in [0.1, 0.15) is 32.3 Å². The molecule has 1 aromatic rings. The van der Waals surface area contributed by atoms with Crippen LogP contribution < -0.4 is 11.1 Å². The number of sulfonamides is 1. The number of fused-ring (bicyclic) bond motifs is 1. The van der Waals surface area contributed by atoms with Gasteiger partial charge >= 0.3 is 0 Å². The van der Waals surface area contributed by atoms with Crippen LogP contribution in [0.4, 0.5) is 0 Å². The Kier molecular flexibility index (Phi) is 5.99. The molecule has 2 aliphatic heterocycles. The van der Waals surface area contributed by atoms with E-state index in [9.17, 15) is 13.2 Å². The minimum atomic E-state index is -3.61. The van der Waals surface area contributed by atoms with Crippen LogP contribution in [0.3, 0.4) is 0 Å². The van der Waals surface area contributed by atoms with E-state index in [1.807, 2.05) is 24.8 Å². The maximum Gasteiger partial charge on any atom is 0.285 e. The van der Waals surface area contributed by atoms with E-state index in [4.69, 9.17) is 5.73 Å². The minimum Gasteiger partial charge on any atom is -0.355 e. The number of nitrogens with one attached hydrogen (secondary N) is 1. The van der Waals surface area contributed by atoms with Gasteiger partial charge in [-0.1, -0.05) is 12.1 Å². The van der Waals surface area contributed by atoms with E-state index in [1.165, 1.54) is 0 Å². The summed E-state index contributed by atoms with van der Waals surface area (Å²) in [6, 6.07) is 6.87. The molecule has 7 nitrogen and oxygen atoms in total. The molecule has 0 atom stereocenters. The molecule has 2 aliphatic rings. The summed E-state index contributed by atoms with van der Waals surface area (Å²) < 4.78 is 28.3. The number of carbonyl (C=O) groups excluding carboxylic acids is 1. The van der Waals surface area contributed by atoms with Crippen molar-refractivity contribution in [2.75, 3.05) is 19.6 Å². The highest BCUT2D eigenvalue weighted by atomic mass is 35.5. The standard InChI is InChI=1S/C17H24N4O3S.ClH/c1-17(2,18)11-19-16(22)12-7-9-21(10-8-12)15-13-5-3-4-6-14(13)25(23,24)20-15;/h3-6,12H,7-11,18H2,1-2H3,(H,19,22);1H. The molecule has 144 valence electrons. The van der Waals surface area contributed by atoms with Crippen molar-refractivity contribution in [1.82, 2.24) is 10.2 Å². The number of hydrogen-bond acceptors (Lipinski definition) is 5. The first-order valence-corrected chi connectivity index (χ1v) is 9.87. The van der Waals surface area contributed by atoms with Gasteiger partial charge in [-0.05, 0) is 38.8 Å². The van der Waals surface area contributed by atoms with Gasteiger partial charge in [0.05, 0.1) is 0 Å². The molecule has 0 aliphatic carbocycles. The molecular weight excluding hydrogens is 376 g/mol. The van der Waals surface area contributed by atoms with Crippen molar-refractivity contribution in [2.45, 2.75) is 37.1 Å². The molecule has 1 aromatic carbocycles. The van der Waals surface area contributed by atoms with Gasteiger partial charge < -0.3 is 16.0 Å². The van der Waals surface area contributed by atoms with Gasteiger partial charge in [0.2, 0.25) is 5.91 Å². The van der Waals surface area contributed by atoms with Crippen LogP contribution in [0.5, 0.6) is 0 Å². The van der Waals surface area contributed by atoms with Crippen LogP contribution in [0.25, 0.3) is 0 Å². The Labute approximate surface area is 160 Å². The fourth-order valence-corrected chi connectivity index (χ4v) is 4.36. The number of piperidine rings is 1. The number of nitrogens with zero attached hydrogens (tertiary/aromatic N) is 2. The quantitative estimate of drug-likeness (QED) is 0.791. The number of benzene rings is 1. The van der Waals surface area contributed by atoms with Gasteiger partial charge in [-0.25, -0.2) is 0 Å². The second-order valence-electron chi connectivity index (χ2n) is 7.35. The second-order valence-corrected chi connectivity index (χ2v) is 8.93. The number of halogens is 1. The molecular formula is C17H25ClN4O3S. The Balaban J connectivity index is 0.00000243. The predicted octanol–water partition coefficient (Wildman–Crippen LogP) is 1.12. The van der Waals surface area contributed by atoms with Crippen molar-refractivity contribution in [1.29, 1.82) is 0 Å². The molecule has 0 radical (unpaired) electrons. The highest BCUT2D eigenvalue weighted by molar-refractivity contribution is 7.90. The largest absolute Gasteiger partial charge is 0.355 e. The molecule has 1 fully saturated rings. The molecule has 3 N–H and O–H groups in total. The number of amidine groups is 1. The lowest BCUT2D eigenvalue weighted by Gasteiger charge is -2.33. The highest BCUT2D eigenvalue weighted by Crippen LogP contribution is 2.29. The molecule has 0 saturated carbocycles. The van der Waals surface area contributed by atoms with Crippen LogP contribution in [0.2, 0.25) is 0 Å². The molecule has 9 heteroatoms. The van der Waals surface area contributed by atoms with Crippen LogP contribution in [-0.2, 0) is 14.8 Å². The smallest absolute Gasteiger partial charge is 0.285 e. The number of carbonyl (C=O) groups is 1. The maximum absolute atomic E-state index is 12.3. The van der Waals surface area contributed by atoms with Gasteiger partial charge in [-0.15, -0.1) is 16.8 Å². The first kappa shape index (κ1) is 20.7. The van der Waals surface area contributed by atoms with Crippen molar-refractivity contribution < 1.29 is 13.2 Å². The molecule has 1 saturated heterocycles. The van der Waals surface area contributed by atoms with Crippen molar-refractivity contribution >= 4 is 34.2 Å². The molecule has 0 aromatic heterocycles. The van der Waals surface area contributed by atoms with E-state index in [0.29, 0.717) is 43.9 Å². The van der Waals surface area contributed by atoms with Gasteiger partial charge in [-0.3, -0.25) is 4.79 Å². The van der Waals surface area contributed by atoms with E-state index in [2.05, 4.69) is 9.71 Å². The summed E-state index contributed by atoms with van der Waals surface area (Å²) in [6.45, 7) is 5.38. The lowest BCUT2D eigenvalue weighted by Crippen LogP contribution is -2.48. The predicted molar refractivity (Wildman–Crippen MR) is 103 cm³/mol. The first-order chi connectivity index (χ1) is 11.7. The summed E-state index contributed by atoms with van der Waals surface area (Å²) in [5.41, 5.74) is 6.10. The zero-order chi connectivity index (χ0) is 18.2. The Morgan fingerprint density at radius 2 is 1.92 bits per heavy atom. The second kappa shape index (κ2) is 7.54. The van der Waals surface area contributed by atoms with Gasteiger partial charge in [-0.2, -0.15) is 8.42 Å². The number of amides is 1. The van der Waals surface area contributed by atoms with Crippen LogP contribution >= 0.6 is 12.4 Å². The molecule has 1 amide bonds. The Hall–Kier alpha value is -1.64. The molecule has 0 bridgehead atoms. The Bertz CT molecular complexity index is 810.